The van der Waals surface area contributed by atoms with Gasteiger partial charge in [-0.3, -0.25) is 14.7 Å². The molecular formula is C38H41N11O6. The van der Waals surface area contributed by atoms with Crippen LogP contribution in [0, 0.1) is 0 Å². The van der Waals surface area contributed by atoms with Gasteiger partial charge in [0.25, 0.3) is 5.91 Å². The molecule has 2 saturated heterocycles. The third kappa shape index (κ3) is 7.11. The Morgan fingerprint density at radius 1 is 0.945 bits per heavy atom. The lowest BCUT2D eigenvalue weighted by Gasteiger charge is -2.24. The lowest BCUT2D eigenvalue weighted by Crippen LogP contribution is -2.47. The number of rotatable bonds is 11. The number of pyridine rings is 1. The minimum Gasteiger partial charge on any atom is -0.394 e. The van der Waals surface area contributed by atoms with Gasteiger partial charge in [0.1, 0.15) is 18.2 Å². The van der Waals surface area contributed by atoms with Gasteiger partial charge in [0.15, 0.2) is 17.0 Å². The molecular weight excluding hydrogens is 706 g/mol. The van der Waals surface area contributed by atoms with E-state index in [1.54, 1.807) is 29.1 Å². The van der Waals surface area contributed by atoms with E-state index < -0.39 is 48.9 Å². The van der Waals surface area contributed by atoms with E-state index >= 15 is 0 Å². The van der Waals surface area contributed by atoms with Gasteiger partial charge in [0, 0.05) is 37.8 Å². The van der Waals surface area contributed by atoms with Crippen LogP contribution < -0.4 is 26.2 Å². The molecule has 0 spiro atoms. The molecule has 1 aliphatic carbocycles. The second kappa shape index (κ2) is 15.3. The number of fused-ring (bicyclic) bond motifs is 1. The minimum atomic E-state index is -1.46. The molecule has 0 radical (unpaired) electrons. The van der Waals surface area contributed by atoms with Gasteiger partial charge in [-0.2, -0.15) is 9.97 Å². The van der Waals surface area contributed by atoms with Crippen LogP contribution in [0.2, 0.25) is 0 Å². The number of anilines is 3. The summed E-state index contributed by atoms with van der Waals surface area (Å²) in [6.45, 7) is 0.824. The number of urea groups is 2. The molecule has 5 amide bonds. The Labute approximate surface area is 315 Å². The number of benzene rings is 2. The van der Waals surface area contributed by atoms with E-state index in [0.29, 0.717) is 54.7 Å². The molecule has 7 N–H and O–H groups in total. The fraction of sp³-hybridized carbons (Fsp3) is 0.342. The second-order valence-corrected chi connectivity index (χ2v) is 14.0. The summed E-state index contributed by atoms with van der Waals surface area (Å²) in [7, 11) is 0. The van der Waals surface area contributed by atoms with E-state index in [1.807, 2.05) is 41.3 Å². The molecule has 2 aliphatic heterocycles. The van der Waals surface area contributed by atoms with Gasteiger partial charge in [-0.05, 0) is 36.1 Å². The van der Waals surface area contributed by atoms with Crippen LogP contribution in [0.5, 0.6) is 0 Å². The number of aliphatic hydroxyl groups is 3. The molecule has 55 heavy (non-hydrogen) atoms. The predicted octanol–water partition coefficient (Wildman–Crippen LogP) is 1.81. The first-order chi connectivity index (χ1) is 26.8. The summed E-state index contributed by atoms with van der Waals surface area (Å²) in [5.74, 6) is 0.102. The highest BCUT2D eigenvalue weighted by Gasteiger charge is 2.52. The summed E-state index contributed by atoms with van der Waals surface area (Å²) in [6.07, 6.45) is 2.50. The van der Waals surface area contributed by atoms with Gasteiger partial charge >= 0.3 is 12.1 Å². The number of imide groups is 1. The lowest BCUT2D eigenvalue weighted by molar-refractivity contribution is -0.131. The van der Waals surface area contributed by atoms with Crippen molar-refractivity contribution < 1.29 is 29.7 Å². The van der Waals surface area contributed by atoms with Crippen molar-refractivity contribution in [2.24, 2.45) is 0 Å². The molecule has 8 rings (SSSR count). The molecule has 284 valence electrons. The Kier molecular flexibility index (Phi) is 9.96. The monoisotopic (exact) mass is 747 g/mol. The SMILES string of the molecule is O=C(Nc1cccnc1)NC1CCN(c2nc(NCC(c3ccccc3)c3ccccc3)c3ncn([C@@H]4C[C@H](N5C(=O)NC(CO)C5=O)[C@@H](O)[C@H]4O)c3n2)C1. The first-order valence-electron chi connectivity index (χ1n) is 18.2. The van der Waals surface area contributed by atoms with Crippen molar-refractivity contribution in [3.05, 3.63) is 103 Å². The van der Waals surface area contributed by atoms with Gasteiger partial charge < -0.3 is 46.1 Å². The Bertz CT molecular complexity index is 2120. The molecule has 3 fully saturated rings. The Morgan fingerprint density at radius 3 is 2.35 bits per heavy atom. The van der Waals surface area contributed by atoms with Crippen molar-refractivity contribution in [2.75, 3.05) is 41.8 Å². The summed E-state index contributed by atoms with van der Waals surface area (Å²) >= 11 is 0. The summed E-state index contributed by atoms with van der Waals surface area (Å²) in [4.78, 5) is 60.0. The van der Waals surface area contributed by atoms with Crippen LogP contribution in [-0.2, 0) is 4.79 Å². The van der Waals surface area contributed by atoms with E-state index in [2.05, 4.69) is 55.5 Å². The van der Waals surface area contributed by atoms with Crippen LogP contribution in [0.15, 0.2) is 91.5 Å². The number of aromatic nitrogens is 5. The van der Waals surface area contributed by atoms with E-state index in [-0.39, 0.29) is 24.4 Å². The largest absolute Gasteiger partial charge is 0.394 e. The van der Waals surface area contributed by atoms with E-state index in [9.17, 15) is 29.7 Å². The van der Waals surface area contributed by atoms with E-state index in [1.165, 1.54) is 6.33 Å². The van der Waals surface area contributed by atoms with E-state index in [0.717, 1.165) is 16.0 Å². The summed E-state index contributed by atoms with van der Waals surface area (Å²) < 4.78 is 1.65. The van der Waals surface area contributed by atoms with Crippen molar-refractivity contribution in [1.82, 2.24) is 40.0 Å². The number of carbonyl (C=O) groups is 3. The van der Waals surface area contributed by atoms with Crippen LogP contribution in [0.4, 0.5) is 27.0 Å². The highest BCUT2D eigenvalue weighted by Crippen LogP contribution is 2.38. The molecule has 5 aromatic rings. The average Bonchev–Trinajstić information content (AvgIpc) is 3.98. The molecule has 1 saturated carbocycles. The van der Waals surface area contributed by atoms with Crippen molar-refractivity contribution in [2.45, 2.75) is 55.1 Å². The molecule has 6 atom stereocenters. The van der Waals surface area contributed by atoms with Crippen molar-refractivity contribution in [1.29, 1.82) is 0 Å². The number of carbonyl (C=O) groups excluding carboxylic acids is 3. The average molecular weight is 748 g/mol. The highest BCUT2D eigenvalue weighted by molar-refractivity contribution is 6.04. The summed E-state index contributed by atoms with van der Waals surface area (Å²) in [5.41, 5.74) is 3.58. The third-order valence-corrected chi connectivity index (χ3v) is 10.6. The maximum absolute atomic E-state index is 12.9. The highest BCUT2D eigenvalue weighted by atomic mass is 16.3. The Balaban J connectivity index is 1.10. The smallest absolute Gasteiger partial charge is 0.325 e. The third-order valence-electron chi connectivity index (χ3n) is 10.6. The van der Waals surface area contributed by atoms with Gasteiger partial charge in [0.2, 0.25) is 5.95 Å². The zero-order valence-corrected chi connectivity index (χ0v) is 29.6. The van der Waals surface area contributed by atoms with Crippen LogP contribution >= 0.6 is 0 Å². The zero-order valence-electron chi connectivity index (χ0n) is 29.6. The van der Waals surface area contributed by atoms with E-state index in [4.69, 9.17) is 9.97 Å². The van der Waals surface area contributed by atoms with Crippen LogP contribution in [0.3, 0.4) is 0 Å². The molecule has 17 nitrogen and oxygen atoms in total. The van der Waals surface area contributed by atoms with Crippen molar-refractivity contribution in [3.8, 4) is 0 Å². The number of nitrogens with one attached hydrogen (secondary N) is 4. The molecule has 3 aliphatic rings. The number of hydrogen-bond acceptors (Lipinski definition) is 12. The maximum Gasteiger partial charge on any atom is 0.325 e. The van der Waals surface area contributed by atoms with Gasteiger partial charge in [0.05, 0.1) is 36.9 Å². The number of nitrogens with zero attached hydrogens (tertiary/aromatic N) is 7. The van der Waals surface area contributed by atoms with Gasteiger partial charge in [-0.25, -0.2) is 14.6 Å². The number of aliphatic hydroxyl groups excluding tert-OH is 3. The normalized spacial score (nSPS) is 23.8. The summed E-state index contributed by atoms with van der Waals surface area (Å²) in [5, 5.41) is 43.9. The lowest BCUT2D eigenvalue weighted by atomic mass is 9.91. The predicted molar refractivity (Wildman–Crippen MR) is 201 cm³/mol. The first kappa shape index (κ1) is 35.8. The van der Waals surface area contributed by atoms with Crippen molar-refractivity contribution in [3.63, 3.8) is 0 Å². The maximum atomic E-state index is 12.9. The minimum absolute atomic E-state index is 0.0129. The van der Waals surface area contributed by atoms with Crippen LogP contribution in [0.25, 0.3) is 11.2 Å². The topological polar surface area (TPSA) is 223 Å². The molecule has 5 heterocycles. The van der Waals surface area contributed by atoms with Crippen LogP contribution in [0.1, 0.15) is 35.9 Å². The van der Waals surface area contributed by atoms with Gasteiger partial charge in [-0.15, -0.1) is 0 Å². The number of hydrogen-bond donors (Lipinski definition) is 7. The molecule has 2 aromatic carbocycles. The Hall–Kier alpha value is -6.17. The van der Waals surface area contributed by atoms with Crippen molar-refractivity contribution >= 4 is 46.6 Å². The molecule has 17 heteroatoms. The van der Waals surface area contributed by atoms with Gasteiger partial charge in [-0.1, -0.05) is 60.7 Å². The Morgan fingerprint density at radius 2 is 1.67 bits per heavy atom. The fourth-order valence-electron chi connectivity index (χ4n) is 7.76. The quantitative estimate of drug-likeness (QED) is 0.0962. The zero-order chi connectivity index (χ0) is 38.1. The number of amides is 5. The first-order valence-corrected chi connectivity index (χ1v) is 18.2. The van der Waals surface area contributed by atoms with Crippen LogP contribution in [-0.4, -0.2) is 119 Å². The fourth-order valence-corrected chi connectivity index (χ4v) is 7.76. The number of imidazole rings is 1. The molecule has 3 aromatic heterocycles. The molecule has 2 unspecified atom stereocenters. The second-order valence-electron chi connectivity index (χ2n) is 14.0. The summed E-state index contributed by atoms with van der Waals surface area (Å²) in [6, 6.07) is 19.4. The standard InChI is InChI=1S/C38H41N11O6/c50-20-27-35(53)49(38(55)44-27)29-16-28(31(51)32(29)52)48-21-41-30-33(40-18-26(22-8-3-1-4-9-22)23-10-5-2-6-11-23)45-36(46-34(30)48)47-15-13-25(19-47)43-37(54)42-24-12-7-14-39-17-24/h1-12,14,17,21,25-29,31-32,50-52H,13,15-16,18-20H2,(H,44,55)(H,40,45,46)(H2,42,43,54)/t25?,27?,28-,29+,31+,32-/m1/s1. The molecule has 0 bridgehead atoms.